The van der Waals surface area contributed by atoms with Crippen LogP contribution in [0.1, 0.15) is 118 Å². The fourth-order valence-corrected chi connectivity index (χ4v) is 12.9. The summed E-state index contributed by atoms with van der Waals surface area (Å²) in [5.41, 5.74) is 3.53. The van der Waals surface area contributed by atoms with Crippen LogP contribution in [0.5, 0.6) is 17.2 Å². The van der Waals surface area contributed by atoms with Crippen LogP contribution in [0.4, 0.5) is 22.9 Å². The predicted molar refractivity (Wildman–Crippen MR) is 266 cm³/mol. The van der Waals surface area contributed by atoms with Crippen LogP contribution < -0.4 is 29.3 Å². The monoisotopic (exact) mass is 960 g/mol. The molecule has 5 aromatic rings. The molecule has 0 bridgehead atoms. The Labute approximate surface area is 404 Å². The third kappa shape index (κ3) is 9.20. The standard InChI is InChI=1S/C52H64N8O8S/c1-32(2)38-9-6-7-10-39(38)42-11-8-22-59(42)36-29-52(30-36)19-23-58(24-20-52)35-12-13-40(44(26-35)68-46-25-34-16-21-53-48(34)55-49(46)57(4)5)50(61)56-69(65,66)37-27-43(60(63)64)47-45(28-37)67-31-41(54-47)33-14-17-51(3,62)18-15-33/h6-7,9-10,12-13,16,21,25-28,32-33,36,41-42,54,62H,8,11,14-15,17-20,22-24,29-31H2,1-5H3,(H,53,55)(H,56,61)/t33?,41-,42+,51?/m1/s1. The molecule has 16 nitrogen and oxygen atoms in total. The normalized spacial score (nSPS) is 23.8. The van der Waals surface area contributed by atoms with Crippen molar-refractivity contribution in [2.45, 2.75) is 120 Å². The lowest BCUT2D eigenvalue weighted by Gasteiger charge is -2.56. The Hall–Kier alpha value is -5.91. The van der Waals surface area contributed by atoms with Crippen LogP contribution in [0.25, 0.3) is 11.0 Å². The smallest absolute Gasteiger partial charge is 0.297 e. The number of piperidine rings is 1. The summed E-state index contributed by atoms with van der Waals surface area (Å²) >= 11 is 0. The minimum Gasteiger partial charge on any atom is -0.489 e. The Morgan fingerprint density at radius 1 is 1.00 bits per heavy atom. The van der Waals surface area contributed by atoms with Crippen molar-refractivity contribution in [1.82, 2.24) is 19.6 Å². The maximum atomic E-state index is 14.3. The molecule has 17 heteroatoms. The zero-order valence-corrected chi connectivity index (χ0v) is 41.0. The number of pyridine rings is 1. The molecule has 2 saturated carbocycles. The molecule has 69 heavy (non-hydrogen) atoms. The van der Waals surface area contributed by atoms with Crippen LogP contribution in [0.15, 0.2) is 77.8 Å². The summed E-state index contributed by atoms with van der Waals surface area (Å²) < 4.78 is 43.0. The minimum absolute atomic E-state index is 0.00158. The number of carbonyl (C=O) groups is 1. The summed E-state index contributed by atoms with van der Waals surface area (Å²) in [4.78, 5) is 40.4. The van der Waals surface area contributed by atoms with Gasteiger partial charge in [0.1, 0.15) is 18.0 Å². The fourth-order valence-electron chi connectivity index (χ4n) is 11.9. The topological polar surface area (TPSA) is 196 Å². The van der Waals surface area contributed by atoms with Gasteiger partial charge in [-0.15, -0.1) is 0 Å². The summed E-state index contributed by atoms with van der Waals surface area (Å²) in [6.07, 6.45) is 11.3. The largest absolute Gasteiger partial charge is 0.489 e. The average Bonchev–Trinajstić information content (AvgIpc) is 4.00. The first-order valence-electron chi connectivity index (χ1n) is 24.5. The van der Waals surface area contributed by atoms with E-state index in [1.807, 2.05) is 39.2 Å². The molecule has 2 aliphatic carbocycles. The lowest BCUT2D eigenvalue weighted by molar-refractivity contribution is -0.384. The molecule has 366 valence electrons. The zero-order valence-electron chi connectivity index (χ0n) is 40.2. The van der Waals surface area contributed by atoms with Gasteiger partial charge in [0.15, 0.2) is 23.0 Å². The van der Waals surface area contributed by atoms with Crippen molar-refractivity contribution in [2.75, 3.05) is 55.5 Å². The second-order valence-corrected chi connectivity index (χ2v) is 22.7. The van der Waals surface area contributed by atoms with Crippen molar-refractivity contribution < 1.29 is 32.7 Å². The Morgan fingerprint density at radius 2 is 1.75 bits per heavy atom. The number of aliphatic hydroxyl groups is 1. The third-order valence-corrected chi connectivity index (χ3v) is 17.1. The van der Waals surface area contributed by atoms with Crippen LogP contribution in [-0.2, 0) is 10.0 Å². The number of aromatic amines is 1. The number of nitro groups is 1. The molecule has 4 fully saturated rings. The zero-order chi connectivity index (χ0) is 48.4. The lowest BCUT2D eigenvalue weighted by atomic mass is 9.59. The highest BCUT2D eigenvalue weighted by molar-refractivity contribution is 7.90. The van der Waals surface area contributed by atoms with Crippen molar-refractivity contribution in [3.63, 3.8) is 0 Å². The summed E-state index contributed by atoms with van der Waals surface area (Å²) in [6.45, 7) is 9.33. The molecule has 3 aromatic carbocycles. The number of H-pyrrole nitrogens is 1. The Morgan fingerprint density at radius 3 is 2.48 bits per heavy atom. The number of likely N-dealkylation sites (tertiary alicyclic amines) is 1. The molecule has 3 aliphatic heterocycles. The van der Waals surface area contributed by atoms with Gasteiger partial charge in [0.2, 0.25) is 0 Å². The summed E-state index contributed by atoms with van der Waals surface area (Å²) in [7, 11) is -1.02. The van der Waals surface area contributed by atoms with Gasteiger partial charge in [0.05, 0.1) is 27.0 Å². The quantitative estimate of drug-likeness (QED) is 0.0683. The van der Waals surface area contributed by atoms with Gasteiger partial charge in [-0.3, -0.25) is 19.8 Å². The minimum atomic E-state index is -4.69. The van der Waals surface area contributed by atoms with Crippen molar-refractivity contribution in [1.29, 1.82) is 0 Å². The lowest BCUT2D eigenvalue weighted by Crippen LogP contribution is -2.54. The van der Waals surface area contributed by atoms with Crippen molar-refractivity contribution >= 4 is 49.8 Å². The van der Waals surface area contributed by atoms with E-state index in [0.29, 0.717) is 60.9 Å². The molecule has 10 rings (SSSR count). The number of aromatic nitrogens is 2. The number of hydrogen-bond donors (Lipinski definition) is 4. The van der Waals surface area contributed by atoms with E-state index >= 15 is 0 Å². The number of fused-ring (bicyclic) bond motifs is 2. The Kier molecular flexibility index (Phi) is 12.3. The van der Waals surface area contributed by atoms with E-state index in [1.165, 1.54) is 42.9 Å². The number of ether oxygens (including phenoxy) is 2. The molecule has 4 N–H and O–H groups in total. The Balaban J connectivity index is 0.884. The van der Waals surface area contributed by atoms with E-state index in [1.54, 1.807) is 23.2 Å². The number of hydrogen-bond acceptors (Lipinski definition) is 13. The van der Waals surface area contributed by atoms with Crippen molar-refractivity contribution in [2.24, 2.45) is 11.3 Å². The number of carbonyl (C=O) groups excluding carboxylic acids is 1. The molecular weight excluding hydrogens is 897 g/mol. The predicted octanol–water partition coefficient (Wildman–Crippen LogP) is 9.27. The number of nitrogens with zero attached hydrogens (tertiary/aromatic N) is 5. The average molecular weight is 961 g/mol. The second kappa shape index (κ2) is 18.1. The highest BCUT2D eigenvalue weighted by Gasteiger charge is 2.50. The van der Waals surface area contributed by atoms with Crippen LogP contribution in [-0.4, -0.2) is 97.2 Å². The van der Waals surface area contributed by atoms with E-state index < -0.39 is 37.0 Å². The summed E-state index contributed by atoms with van der Waals surface area (Å²) in [6, 6.07) is 20.8. The number of benzene rings is 3. The highest BCUT2D eigenvalue weighted by atomic mass is 32.2. The molecule has 5 aliphatic rings. The molecular formula is C52H64N8O8S. The first-order chi connectivity index (χ1) is 33.0. The van der Waals surface area contributed by atoms with Gasteiger partial charge in [-0.1, -0.05) is 38.1 Å². The maximum Gasteiger partial charge on any atom is 0.297 e. The molecule has 0 unspecified atom stereocenters. The number of amides is 1. The van der Waals surface area contributed by atoms with Crippen LogP contribution >= 0.6 is 0 Å². The number of nitro benzene ring substituents is 1. The van der Waals surface area contributed by atoms with Crippen LogP contribution in [0.3, 0.4) is 0 Å². The molecule has 5 heterocycles. The summed E-state index contributed by atoms with van der Waals surface area (Å²) in [5, 5.41) is 27.0. The van der Waals surface area contributed by atoms with Crippen LogP contribution in [0.2, 0.25) is 0 Å². The molecule has 2 atom stereocenters. The Bertz CT molecular complexity index is 2870. The first kappa shape index (κ1) is 46.8. The van der Waals surface area contributed by atoms with E-state index in [4.69, 9.17) is 14.5 Å². The number of sulfonamides is 1. The van der Waals surface area contributed by atoms with Crippen molar-refractivity contribution in [3.8, 4) is 17.2 Å². The number of rotatable bonds is 12. The maximum absolute atomic E-state index is 14.3. The fraction of sp³-hybridized carbons (Fsp3) is 0.500. The van der Waals surface area contributed by atoms with Gasteiger partial charge in [-0.05, 0) is 130 Å². The SMILES string of the molecule is CC(C)c1ccccc1[C@@H]1CCCN1C1CC2(CCN(c3ccc(C(=O)NS(=O)(=O)c4cc5c(c([N+](=O)[O-])c4)N[C@@H](C4CCC(C)(O)CC4)CO5)c(Oc4cc5cc[nH]c5nc4N(C)C)c3)CC2)C1. The van der Waals surface area contributed by atoms with Crippen LogP contribution in [0, 0.1) is 21.4 Å². The number of anilines is 3. The molecule has 2 aromatic heterocycles. The first-order valence-corrected chi connectivity index (χ1v) is 26.0. The van der Waals surface area contributed by atoms with Gasteiger partial charge in [0.25, 0.3) is 21.6 Å². The highest BCUT2D eigenvalue weighted by Crippen LogP contribution is 2.54. The summed E-state index contributed by atoms with van der Waals surface area (Å²) in [5.74, 6) is 0.607. The van der Waals surface area contributed by atoms with Gasteiger partial charge >= 0.3 is 0 Å². The van der Waals surface area contributed by atoms with Gasteiger partial charge in [0, 0.05) is 74.7 Å². The van der Waals surface area contributed by atoms with E-state index in [0.717, 1.165) is 49.6 Å². The second-order valence-electron chi connectivity index (χ2n) is 21.0. The van der Waals surface area contributed by atoms with Gasteiger partial charge in [-0.2, -0.15) is 0 Å². The van der Waals surface area contributed by atoms with Gasteiger partial charge < -0.3 is 34.7 Å². The van der Waals surface area contributed by atoms with Crippen molar-refractivity contribution in [3.05, 3.63) is 99.7 Å². The number of nitrogens with one attached hydrogen (secondary N) is 3. The molecule has 0 radical (unpaired) electrons. The molecule has 1 amide bonds. The van der Waals surface area contributed by atoms with Gasteiger partial charge in [-0.25, -0.2) is 18.1 Å². The van der Waals surface area contributed by atoms with E-state index in [9.17, 15) is 28.4 Å². The molecule has 1 spiro atoms. The third-order valence-electron chi connectivity index (χ3n) is 15.8. The van der Waals surface area contributed by atoms with E-state index in [2.05, 4.69) is 62.9 Å². The molecule has 2 saturated heterocycles. The van der Waals surface area contributed by atoms with E-state index in [-0.39, 0.29) is 46.7 Å².